The van der Waals surface area contributed by atoms with Crippen molar-refractivity contribution in [2.24, 2.45) is 11.3 Å². The Balaban J connectivity index is 2.99. The summed E-state index contributed by atoms with van der Waals surface area (Å²) < 4.78 is 0. The van der Waals surface area contributed by atoms with E-state index in [1.165, 1.54) is 0 Å². The first-order chi connectivity index (χ1) is 7.33. The van der Waals surface area contributed by atoms with Crippen LogP contribution in [0.5, 0.6) is 0 Å². The maximum Gasteiger partial charge on any atom is 0.0480 e. The second-order valence-electron chi connectivity index (χ2n) is 5.15. The van der Waals surface area contributed by atoms with E-state index >= 15 is 0 Å². The highest BCUT2D eigenvalue weighted by Gasteiger charge is 2.21. The Morgan fingerprint density at radius 1 is 1.31 bits per heavy atom. The number of hydrogen-bond acceptors (Lipinski definition) is 2. The Hall–Kier alpha value is -0.280. The van der Waals surface area contributed by atoms with E-state index in [4.69, 9.17) is 29.0 Å². The molecule has 1 atom stereocenters. The Labute approximate surface area is 107 Å². The highest BCUT2D eigenvalue weighted by molar-refractivity contribution is 6.33. The van der Waals surface area contributed by atoms with E-state index in [1.54, 1.807) is 12.1 Å². The molecule has 0 saturated carbocycles. The summed E-state index contributed by atoms with van der Waals surface area (Å²) >= 11 is 12.1. The Kier molecular flexibility index (Phi) is 4.62. The first kappa shape index (κ1) is 13.8. The minimum Gasteiger partial charge on any atom is -0.271 e. The van der Waals surface area contributed by atoms with Crippen molar-refractivity contribution in [3.8, 4) is 0 Å². The van der Waals surface area contributed by atoms with Crippen molar-refractivity contribution < 1.29 is 0 Å². The van der Waals surface area contributed by atoms with Gasteiger partial charge in [0.05, 0.1) is 0 Å². The number of nitrogens with one attached hydrogen (secondary N) is 1. The van der Waals surface area contributed by atoms with Gasteiger partial charge in [-0.05, 0) is 35.6 Å². The lowest BCUT2D eigenvalue weighted by molar-refractivity contribution is 0.313. The van der Waals surface area contributed by atoms with Gasteiger partial charge in [0.1, 0.15) is 0 Å². The van der Waals surface area contributed by atoms with E-state index < -0.39 is 0 Å². The van der Waals surface area contributed by atoms with Crippen LogP contribution in [0.15, 0.2) is 18.2 Å². The molecule has 1 aromatic rings. The van der Waals surface area contributed by atoms with Crippen LogP contribution in [0.3, 0.4) is 0 Å². The van der Waals surface area contributed by atoms with Gasteiger partial charge >= 0.3 is 0 Å². The summed E-state index contributed by atoms with van der Waals surface area (Å²) in [4.78, 5) is 0. The van der Waals surface area contributed by atoms with Crippen molar-refractivity contribution in [2.75, 3.05) is 0 Å². The lowest BCUT2D eigenvalue weighted by atomic mass is 9.86. The fourth-order valence-electron chi connectivity index (χ4n) is 1.65. The Bertz CT molecular complexity index is 359. The van der Waals surface area contributed by atoms with Gasteiger partial charge < -0.3 is 0 Å². The van der Waals surface area contributed by atoms with Crippen LogP contribution < -0.4 is 11.3 Å². The molecule has 0 radical (unpaired) electrons. The van der Waals surface area contributed by atoms with Gasteiger partial charge in [-0.1, -0.05) is 44.0 Å². The van der Waals surface area contributed by atoms with Crippen LogP contribution in [0.25, 0.3) is 0 Å². The lowest BCUT2D eigenvalue weighted by Gasteiger charge is -2.26. The molecule has 0 heterocycles. The fourth-order valence-corrected chi connectivity index (χ4v) is 2.08. The smallest absolute Gasteiger partial charge is 0.0480 e. The summed E-state index contributed by atoms with van der Waals surface area (Å²) in [7, 11) is 0. The monoisotopic (exact) mass is 260 g/mol. The zero-order chi connectivity index (χ0) is 12.3. The number of hydrogen-bond donors (Lipinski definition) is 2. The summed E-state index contributed by atoms with van der Waals surface area (Å²) in [5.74, 6) is 5.58. The quantitative estimate of drug-likeness (QED) is 0.639. The van der Waals surface area contributed by atoms with Crippen LogP contribution in [0.4, 0.5) is 0 Å². The van der Waals surface area contributed by atoms with Crippen molar-refractivity contribution >= 4 is 23.2 Å². The predicted octanol–water partition coefficient (Wildman–Crippen LogP) is 3.93. The molecule has 0 fully saturated rings. The molecule has 1 unspecified atom stereocenters. The molecule has 0 aliphatic heterocycles. The van der Waals surface area contributed by atoms with Crippen molar-refractivity contribution in [1.29, 1.82) is 0 Å². The number of benzene rings is 1. The average Bonchev–Trinajstić information content (AvgIpc) is 2.17. The third-order valence-electron chi connectivity index (χ3n) is 2.35. The molecule has 16 heavy (non-hydrogen) atoms. The largest absolute Gasteiger partial charge is 0.271 e. The topological polar surface area (TPSA) is 38.0 Å². The summed E-state index contributed by atoms with van der Waals surface area (Å²) in [5.41, 5.74) is 3.92. The molecular weight excluding hydrogens is 243 g/mol. The average molecular weight is 261 g/mol. The second kappa shape index (κ2) is 5.37. The molecule has 3 N–H and O–H groups in total. The van der Waals surface area contributed by atoms with Gasteiger partial charge in [-0.3, -0.25) is 11.3 Å². The van der Waals surface area contributed by atoms with Gasteiger partial charge in [0.2, 0.25) is 0 Å². The van der Waals surface area contributed by atoms with Crippen LogP contribution in [-0.2, 0) is 0 Å². The molecule has 0 saturated heterocycles. The highest BCUT2D eigenvalue weighted by Crippen LogP contribution is 2.33. The van der Waals surface area contributed by atoms with Crippen molar-refractivity contribution in [3.05, 3.63) is 33.8 Å². The van der Waals surface area contributed by atoms with E-state index in [9.17, 15) is 0 Å². The molecule has 2 nitrogen and oxygen atoms in total. The molecule has 0 aliphatic carbocycles. The van der Waals surface area contributed by atoms with E-state index in [2.05, 4.69) is 26.2 Å². The van der Waals surface area contributed by atoms with Gasteiger partial charge in [-0.25, -0.2) is 0 Å². The molecule has 0 aromatic heterocycles. The van der Waals surface area contributed by atoms with E-state index in [-0.39, 0.29) is 11.5 Å². The normalized spacial score (nSPS) is 13.9. The molecule has 1 aromatic carbocycles. The first-order valence-electron chi connectivity index (χ1n) is 5.24. The number of nitrogens with two attached hydrogens (primary N) is 1. The number of hydrazine groups is 1. The van der Waals surface area contributed by atoms with Gasteiger partial charge in [0, 0.05) is 16.1 Å². The van der Waals surface area contributed by atoms with Gasteiger partial charge in [0.15, 0.2) is 0 Å². The highest BCUT2D eigenvalue weighted by atomic mass is 35.5. The molecule has 4 heteroatoms. The summed E-state index contributed by atoms with van der Waals surface area (Å²) in [5, 5.41) is 1.37. The van der Waals surface area contributed by atoms with Crippen LogP contribution in [0, 0.1) is 5.41 Å². The third kappa shape index (κ3) is 3.95. The van der Waals surface area contributed by atoms with Crippen LogP contribution in [0.1, 0.15) is 38.8 Å². The molecule has 0 amide bonds. The zero-order valence-corrected chi connectivity index (χ0v) is 11.4. The third-order valence-corrected chi connectivity index (χ3v) is 2.93. The van der Waals surface area contributed by atoms with E-state index in [0.717, 1.165) is 12.0 Å². The second-order valence-corrected chi connectivity index (χ2v) is 5.99. The lowest BCUT2D eigenvalue weighted by Crippen LogP contribution is -2.31. The first-order valence-corrected chi connectivity index (χ1v) is 6.00. The minimum absolute atomic E-state index is 0.0196. The number of rotatable bonds is 3. The molecule has 1 rings (SSSR count). The van der Waals surface area contributed by atoms with Crippen molar-refractivity contribution in [3.63, 3.8) is 0 Å². The van der Waals surface area contributed by atoms with Gasteiger partial charge in [0.25, 0.3) is 0 Å². The number of halogens is 2. The maximum atomic E-state index is 6.14. The molecular formula is C12H18Cl2N2. The molecule has 0 aliphatic rings. The molecule has 0 bridgehead atoms. The molecule has 0 spiro atoms. The van der Waals surface area contributed by atoms with Crippen molar-refractivity contribution in [2.45, 2.75) is 33.2 Å². The van der Waals surface area contributed by atoms with Crippen LogP contribution in [0.2, 0.25) is 10.0 Å². The van der Waals surface area contributed by atoms with Crippen LogP contribution >= 0.6 is 23.2 Å². The van der Waals surface area contributed by atoms with Gasteiger partial charge in [-0.2, -0.15) is 0 Å². The predicted molar refractivity (Wildman–Crippen MR) is 70.6 cm³/mol. The van der Waals surface area contributed by atoms with Crippen molar-refractivity contribution in [1.82, 2.24) is 5.43 Å². The minimum atomic E-state index is 0.0196. The van der Waals surface area contributed by atoms with Gasteiger partial charge in [-0.15, -0.1) is 0 Å². The van der Waals surface area contributed by atoms with E-state index in [1.807, 2.05) is 6.07 Å². The summed E-state index contributed by atoms with van der Waals surface area (Å²) in [6.07, 6.45) is 0.892. The fraction of sp³-hybridized carbons (Fsp3) is 0.500. The summed E-state index contributed by atoms with van der Waals surface area (Å²) in [6.45, 7) is 6.49. The Morgan fingerprint density at radius 2 is 1.94 bits per heavy atom. The SMILES string of the molecule is CC(C)(C)CC(NN)c1cc(Cl)ccc1Cl. The standard InChI is InChI=1S/C12H18Cl2N2/c1-12(2,3)7-11(16-15)9-6-8(13)4-5-10(9)14/h4-6,11,16H,7,15H2,1-3H3. The Morgan fingerprint density at radius 3 is 2.44 bits per heavy atom. The van der Waals surface area contributed by atoms with E-state index in [0.29, 0.717) is 10.0 Å². The summed E-state index contributed by atoms with van der Waals surface area (Å²) in [6, 6.07) is 5.45. The maximum absolute atomic E-state index is 6.14. The molecule has 90 valence electrons. The zero-order valence-electron chi connectivity index (χ0n) is 9.85. The van der Waals surface area contributed by atoms with Crippen LogP contribution in [-0.4, -0.2) is 0 Å².